The summed E-state index contributed by atoms with van der Waals surface area (Å²) < 4.78 is 29.4. The lowest BCUT2D eigenvalue weighted by Gasteiger charge is -2.20. The molecule has 2 aromatic rings. The van der Waals surface area contributed by atoms with Crippen molar-refractivity contribution in [3.05, 3.63) is 41.6 Å². The maximum atomic E-state index is 12.7. The number of aromatic nitrogens is 2. The van der Waals surface area contributed by atoms with Gasteiger partial charge in [0.2, 0.25) is 10.0 Å². The van der Waals surface area contributed by atoms with Crippen LogP contribution >= 0.6 is 0 Å². The van der Waals surface area contributed by atoms with Crippen LogP contribution in [0.3, 0.4) is 0 Å². The Balaban J connectivity index is 2.32. The van der Waals surface area contributed by atoms with Gasteiger partial charge < -0.3 is 5.32 Å². The summed E-state index contributed by atoms with van der Waals surface area (Å²) in [6.07, 6.45) is 2.50. The van der Waals surface area contributed by atoms with Gasteiger partial charge in [-0.1, -0.05) is 13.0 Å². The smallest absolute Gasteiger partial charge is 0.257 e. The van der Waals surface area contributed by atoms with E-state index in [1.54, 1.807) is 50.7 Å². The zero-order valence-corrected chi connectivity index (χ0v) is 16.6. The van der Waals surface area contributed by atoms with Gasteiger partial charge in [-0.15, -0.1) is 0 Å². The zero-order valence-electron chi connectivity index (χ0n) is 15.8. The number of rotatable bonds is 6. The van der Waals surface area contributed by atoms with Crippen LogP contribution in [0.1, 0.15) is 50.0 Å². The highest BCUT2D eigenvalue weighted by molar-refractivity contribution is 7.89. The summed E-state index contributed by atoms with van der Waals surface area (Å²) in [7, 11) is -3.72. The molecule has 0 saturated carbocycles. The van der Waals surface area contributed by atoms with Crippen LogP contribution in [-0.2, 0) is 16.6 Å². The molecule has 1 heterocycles. The van der Waals surface area contributed by atoms with Gasteiger partial charge in [0.1, 0.15) is 5.82 Å². The van der Waals surface area contributed by atoms with Gasteiger partial charge in [0.05, 0.1) is 11.1 Å². The highest BCUT2D eigenvalue weighted by Gasteiger charge is 2.23. The van der Waals surface area contributed by atoms with E-state index in [4.69, 9.17) is 0 Å². The van der Waals surface area contributed by atoms with Crippen molar-refractivity contribution >= 4 is 21.7 Å². The average Bonchev–Trinajstić information content (AvgIpc) is 2.92. The minimum absolute atomic E-state index is 0.0604. The minimum atomic E-state index is -3.72. The molecule has 0 aliphatic heterocycles. The molecule has 0 aliphatic carbocycles. The van der Waals surface area contributed by atoms with E-state index in [-0.39, 0.29) is 10.8 Å². The molecule has 142 valence electrons. The predicted octanol–water partition coefficient (Wildman–Crippen LogP) is 2.93. The molecule has 2 N–H and O–H groups in total. The van der Waals surface area contributed by atoms with Gasteiger partial charge in [-0.2, -0.15) is 5.10 Å². The normalized spacial score (nSPS) is 12.2. The molecule has 0 fully saturated rings. The summed E-state index contributed by atoms with van der Waals surface area (Å²) in [5.74, 6) is 0.213. The number of nitrogens with one attached hydrogen (secondary N) is 2. The van der Waals surface area contributed by atoms with Crippen molar-refractivity contribution in [1.29, 1.82) is 0 Å². The van der Waals surface area contributed by atoms with Crippen LogP contribution in [-0.4, -0.2) is 29.6 Å². The van der Waals surface area contributed by atoms with Crippen molar-refractivity contribution in [2.45, 2.75) is 58.0 Å². The largest absolute Gasteiger partial charge is 0.307 e. The fourth-order valence-corrected chi connectivity index (χ4v) is 3.93. The van der Waals surface area contributed by atoms with E-state index in [1.165, 1.54) is 12.1 Å². The van der Waals surface area contributed by atoms with Crippen LogP contribution in [0, 0.1) is 6.92 Å². The van der Waals surface area contributed by atoms with Gasteiger partial charge in [-0.05, 0) is 51.8 Å². The van der Waals surface area contributed by atoms with Crippen LogP contribution in [0.4, 0.5) is 5.82 Å². The zero-order chi connectivity index (χ0) is 19.5. The van der Waals surface area contributed by atoms with Crippen LogP contribution in [0.2, 0.25) is 0 Å². The Morgan fingerprint density at radius 2 is 1.92 bits per heavy atom. The van der Waals surface area contributed by atoms with Crippen LogP contribution in [0.5, 0.6) is 0 Å². The van der Waals surface area contributed by atoms with Gasteiger partial charge in [-0.25, -0.2) is 17.8 Å². The maximum Gasteiger partial charge on any atom is 0.257 e. The average molecular weight is 378 g/mol. The Kier molecular flexibility index (Phi) is 5.87. The fourth-order valence-electron chi connectivity index (χ4n) is 2.49. The Bertz CT molecular complexity index is 895. The summed E-state index contributed by atoms with van der Waals surface area (Å²) >= 11 is 0. The lowest BCUT2D eigenvalue weighted by molar-refractivity contribution is 0.102. The van der Waals surface area contributed by atoms with E-state index in [9.17, 15) is 13.2 Å². The van der Waals surface area contributed by atoms with Gasteiger partial charge in [0, 0.05) is 23.7 Å². The first-order chi connectivity index (χ1) is 12.0. The number of carbonyl (C=O) groups excluding carboxylic acids is 1. The van der Waals surface area contributed by atoms with Gasteiger partial charge in [0.25, 0.3) is 5.91 Å². The highest BCUT2D eigenvalue weighted by Crippen LogP contribution is 2.19. The van der Waals surface area contributed by atoms with Gasteiger partial charge in [0.15, 0.2) is 0 Å². The topological polar surface area (TPSA) is 93.1 Å². The molecule has 0 unspecified atom stereocenters. The number of hydrogen-bond acceptors (Lipinski definition) is 4. The molecular formula is C18H26N4O3S. The lowest BCUT2D eigenvalue weighted by Crippen LogP contribution is -2.40. The first-order valence-electron chi connectivity index (χ1n) is 8.51. The second-order valence-electron chi connectivity index (χ2n) is 7.23. The molecule has 0 saturated heterocycles. The number of benzene rings is 1. The maximum absolute atomic E-state index is 12.7. The minimum Gasteiger partial charge on any atom is -0.307 e. The van der Waals surface area contributed by atoms with E-state index < -0.39 is 15.6 Å². The lowest BCUT2D eigenvalue weighted by atomic mass is 10.1. The molecule has 2 rings (SSSR count). The first kappa shape index (κ1) is 20.1. The van der Waals surface area contributed by atoms with E-state index in [2.05, 4.69) is 15.1 Å². The van der Waals surface area contributed by atoms with Crippen molar-refractivity contribution in [2.75, 3.05) is 5.32 Å². The highest BCUT2D eigenvalue weighted by atomic mass is 32.2. The third kappa shape index (κ3) is 4.92. The molecular weight excluding hydrogens is 352 g/mol. The summed E-state index contributed by atoms with van der Waals surface area (Å²) in [6.45, 7) is 9.77. The SMILES string of the molecule is CCCn1nccc1NC(=O)c1cc(S(=O)(=O)NC(C)(C)C)ccc1C. The summed E-state index contributed by atoms with van der Waals surface area (Å²) in [5, 5.41) is 6.97. The van der Waals surface area contributed by atoms with E-state index >= 15 is 0 Å². The Hall–Kier alpha value is -2.19. The van der Waals surface area contributed by atoms with Crippen molar-refractivity contribution in [2.24, 2.45) is 0 Å². The second kappa shape index (κ2) is 7.59. The third-order valence-electron chi connectivity index (χ3n) is 3.60. The standard InChI is InChI=1S/C18H26N4O3S/c1-6-11-22-16(9-10-19-22)20-17(23)15-12-14(8-7-13(15)2)26(24,25)21-18(3,4)5/h7-10,12,21H,6,11H2,1-5H3,(H,20,23). The number of sulfonamides is 1. The number of anilines is 1. The van der Waals surface area contributed by atoms with Crippen molar-refractivity contribution < 1.29 is 13.2 Å². The summed E-state index contributed by atoms with van der Waals surface area (Å²) in [5.41, 5.74) is 0.392. The Morgan fingerprint density at radius 3 is 2.54 bits per heavy atom. The number of nitrogens with zero attached hydrogens (tertiary/aromatic N) is 2. The molecule has 26 heavy (non-hydrogen) atoms. The molecule has 7 nitrogen and oxygen atoms in total. The summed E-state index contributed by atoms with van der Waals surface area (Å²) in [6, 6.07) is 6.25. The van der Waals surface area contributed by atoms with Crippen LogP contribution in [0.25, 0.3) is 0 Å². The molecule has 0 bridgehead atoms. The second-order valence-corrected chi connectivity index (χ2v) is 8.91. The van der Waals surface area contributed by atoms with E-state index in [0.29, 0.717) is 23.5 Å². The van der Waals surface area contributed by atoms with Crippen molar-refractivity contribution in [3.8, 4) is 0 Å². The van der Waals surface area contributed by atoms with Crippen molar-refractivity contribution in [1.82, 2.24) is 14.5 Å². The van der Waals surface area contributed by atoms with E-state index in [0.717, 1.165) is 6.42 Å². The summed E-state index contributed by atoms with van der Waals surface area (Å²) in [4.78, 5) is 12.7. The van der Waals surface area contributed by atoms with Crippen LogP contribution < -0.4 is 10.0 Å². The molecule has 1 aromatic heterocycles. The molecule has 1 amide bonds. The Morgan fingerprint density at radius 1 is 1.23 bits per heavy atom. The molecule has 0 aliphatic rings. The number of hydrogen-bond donors (Lipinski definition) is 2. The molecule has 1 aromatic carbocycles. The van der Waals surface area contributed by atoms with Crippen LogP contribution in [0.15, 0.2) is 35.4 Å². The molecule has 0 atom stereocenters. The number of carbonyl (C=O) groups is 1. The fraction of sp³-hybridized carbons (Fsp3) is 0.444. The molecule has 0 spiro atoms. The number of amides is 1. The van der Waals surface area contributed by atoms with Gasteiger partial charge in [-0.3, -0.25) is 4.79 Å². The third-order valence-corrected chi connectivity index (χ3v) is 5.35. The van der Waals surface area contributed by atoms with Crippen molar-refractivity contribution in [3.63, 3.8) is 0 Å². The monoisotopic (exact) mass is 378 g/mol. The first-order valence-corrected chi connectivity index (χ1v) is 9.99. The van der Waals surface area contributed by atoms with E-state index in [1.807, 2.05) is 6.92 Å². The predicted molar refractivity (Wildman–Crippen MR) is 102 cm³/mol. The van der Waals surface area contributed by atoms with Gasteiger partial charge >= 0.3 is 0 Å². The molecule has 8 heteroatoms. The Labute approximate surface area is 154 Å². The quantitative estimate of drug-likeness (QED) is 0.808. The number of aryl methyl sites for hydroxylation is 2. The molecule has 0 radical (unpaired) electrons.